The number of aromatic amines is 1. The van der Waals surface area contributed by atoms with Crippen LogP contribution in [0.15, 0.2) is 44.9 Å². The third-order valence-corrected chi connectivity index (χ3v) is 3.34. The maximum atomic E-state index is 11.0. The van der Waals surface area contributed by atoms with Crippen LogP contribution in [0.2, 0.25) is 0 Å². The number of oxazole rings is 1. The van der Waals surface area contributed by atoms with Crippen molar-refractivity contribution < 1.29 is 4.42 Å². The second-order valence-corrected chi connectivity index (χ2v) is 4.69. The van der Waals surface area contributed by atoms with Gasteiger partial charge in [0.2, 0.25) is 0 Å². The Bertz CT molecular complexity index is 682. The van der Waals surface area contributed by atoms with Crippen molar-refractivity contribution in [1.29, 1.82) is 0 Å². The zero-order chi connectivity index (χ0) is 11.7. The molecule has 0 saturated carbocycles. The maximum absolute atomic E-state index is 11.0. The summed E-state index contributed by atoms with van der Waals surface area (Å²) in [7, 11) is 0. The Morgan fingerprint density at radius 3 is 3.12 bits per heavy atom. The number of anilines is 1. The molecule has 3 aromatic rings. The second-order valence-electron chi connectivity index (χ2n) is 3.66. The number of rotatable bonds is 3. The smallest absolute Gasteiger partial charge is 0.408 e. The molecule has 2 N–H and O–H groups in total. The maximum Gasteiger partial charge on any atom is 0.417 e. The monoisotopic (exact) mass is 246 g/mol. The van der Waals surface area contributed by atoms with Crippen LogP contribution in [0.4, 0.5) is 5.69 Å². The first-order valence-electron chi connectivity index (χ1n) is 5.20. The molecule has 4 nitrogen and oxygen atoms in total. The van der Waals surface area contributed by atoms with Gasteiger partial charge in [0.05, 0.1) is 5.52 Å². The van der Waals surface area contributed by atoms with Crippen molar-refractivity contribution in [3.63, 3.8) is 0 Å². The fourth-order valence-corrected chi connectivity index (χ4v) is 2.30. The first-order chi connectivity index (χ1) is 8.31. The summed E-state index contributed by atoms with van der Waals surface area (Å²) in [5, 5.41) is 5.33. The summed E-state index contributed by atoms with van der Waals surface area (Å²) in [6.45, 7) is 0.776. The van der Waals surface area contributed by atoms with Gasteiger partial charge in [0.1, 0.15) is 0 Å². The fraction of sp³-hybridized carbons (Fsp3) is 0.0833. The summed E-state index contributed by atoms with van der Waals surface area (Å²) in [5.41, 5.74) is 2.23. The standard InChI is InChI=1S/C12H10N2O2S/c15-12-14-10-4-3-8(6-11(10)16-12)13-7-9-2-1-5-17-9/h1-6,13H,7H2,(H,14,15). The summed E-state index contributed by atoms with van der Waals surface area (Å²) in [6.07, 6.45) is 0. The molecule has 86 valence electrons. The van der Waals surface area contributed by atoms with E-state index in [0.717, 1.165) is 17.7 Å². The van der Waals surface area contributed by atoms with Gasteiger partial charge in [-0.25, -0.2) is 4.79 Å². The molecule has 0 amide bonds. The summed E-state index contributed by atoms with van der Waals surface area (Å²) >= 11 is 1.71. The molecule has 0 fully saturated rings. The molecule has 0 aliphatic heterocycles. The lowest BCUT2D eigenvalue weighted by molar-refractivity contribution is 0.555. The second kappa shape index (κ2) is 4.10. The first-order valence-corrected chi connectivity index (χ1v) is 6.08. The van der Waals surface area contributed by atoms with Crippen molar-refractivity contribution in [3.05, 3.63) is 51.1 Å². The Kier molecular flexibility index (Phi) is 2.45. The quantitative estimate of drug-likeness (QED) is 0.747. The van der Waals surface area contributed by atoms with Gasteiger partial charge >= 0.3 is 5.76 Å². The lowest BCUT2D eigenvalue weighted by Crippen LogP contribution is -1.96. The van der Waals surface area contributed by atoms with Gasteiger partial charge in [-0.3, -0.25) is 4.98 Å². The molecule has 0 aliphatic carbocycles. The van der Waals surface area contributed by atoms with E-state index in [1.54, 1.807) is 11.3 Å². The lowest BCUT2D eigenvalue weighted by Gasteiger charge is -2.03. The van der Waals surface area contributed by atoms with E-state index in [0.29, 0.717) is 5.58 Å². The van der Waals surface area contributed by atoms with Crippen molar-refractivity contribution in [2.24, 2.45) is 0 Å². The van der Waals surface area contributed by atoms with Gasteiger partial charge in [0.15, 0.2) is 5.58 Å². The third kappa shape index (κ3) is 2.09. The molecule has 0 saturated heterocycles. The van der Waals surface area contributed by atoms with Gasteiger partial charge in [-0.05, 0) is 23.6 Å². The molecule has 1 aromatic carbocycles. The van der Waals surface area contributed by atoms with Crippen molar-refractivity contribution in [2.75, 3.05) is 5.32 Å². The van der Waals surface area contributed by atoms with Crippen molar-refractivity contribution in [2.45, 2.75) is 6.54 Å². The van der Waals surface area contributed by atoms with Crippen LogP contribution < -0.4 is 11.1 Å². The average Bonchev–Trinajstić information content (AvgIpc) is 2.92. The molecular weight excluding hydrogens is 236 g/mol. The molecule has 5 heteroatoms. The highest BCUT2D eigenvalue weighted by molar-refractivity contribution is 7.09. The molecule has 0 spiro atoms. The molecule has 17 heavy (non-hydrogen) atoms. The van der Waals surface area contributed by atoms with E-state index in [9.17, 15) is 4.79 Å². The van der Waals surface area contributed by atoms with Crippen molar-refractivity contribution in [3.8, 4) is 0 Å². The summed E-state index contributed by atoms with van der Waals surface area (Å²) in [6, 6.07) is 9.67. The fourth-order valence-electron chi connectivity index (χ4n) is 1.66. The number of fused-ring (bicyclic) bond motifs is 1. The van der Waals surface area contributed by atoms with Crippen LogP contribution in [-0.4, -0.2) is 4.98 Å². The number of thiophene rings is 1. The number of hydrogen-bond donors (Lipinski definition) is 2. The highest BCUT2D eigenvalue weighted by atomic mass is 32.1. The molecule has 3 rings (SSSR count). The van der Waals surface area contributed by atoms with Crippen LogP contribution in [0.3, 0.4) is 0 Å². The van der Waals surface area contributed by atoms with Crippen molar-refractivity contribution >= 4 is 28.1 Å². The van der Waals surface area contributed by atoms with Crippen molar-refractivity contribution in [1.82, 2.24) is 4.98 Å². The van der Waals surface area contributed by atoms with E-state index >= 15 is 0 Å². The predicted molar refractivity (Wildman–Crippen MR) is 68.5 cm³/mol. The van der Waals surface area contributed by atoms with Crippen LogP contribution in [0.1, 0.15) is 4.88 Å². The van der Waals surface area contributed by atoms with E-state index in [1.807, 2.05) is 29.6 Å². The molecule has 0 bridgehead atoms. The number of aromatic nitrogens is 1. The Labute approximate surface area is 101 Å². The zero-order valence-corrected chi connectivity index (χ0v) is 9.71. The lowest BCUT2D eigenvalue weighted by atomic mass is 10.3. The largest absolute Gasteiger partial charge is 0.417 e. The summed E-state index contributed by atoms with van der Waals surface area (Å²) in [4.78, 5) is 14.9. The highest BCUT2D eigenvalue weighted by Crippen LogP contribution is 2.18. The average molecular weight is 246 g/mol. The molecule has 0 unspecified atom stereocenters. The van der Waals surface area contributed by atoms with Gasteiger partial charge < -0.3 is 9.73 Å². The van der Waals surface area contributed by atoms with Gasteiger partial charge in [-0.15, -0.1) is 11.3 Å². The molecule has 2 heterocycles. The Hall–Kier alpha value is -2.01. The molecule has 2 aromatic heterocycles. The van der Waals surface area contributed by atoms with E-state index in [1.165, 1.54) is 4.88 Å². The Morgan fingerprint density at radius 1 is 1.35 bits per heavy atom. The number of nitrogens with one attached hydrogen (secondary N) is 2. The normalized spacial score (nSPS) is 10.8. The zero-order valence-electron chi connectivity index (χ0n) is 8.90. The van der Waals surface area contributed by atoms with E-state index < -0.39 is 5.76 Å². The topological polar surface area (TPSA) is 58.0 Å². The SMILES string of the molecule is O=c1[nH]c2ccc(NCc3cccs3)cc2o1. The first kappa shape index (κ1) is 10.2. The van der Waals surface area contributed by atoms with Crippen LogP contribution in [-0.2, 0) is 6.54 Å². The number of H-pyrrole nitrogens is 1. The minimum atomic E-state index is -0.421. The van der Waals surface area contributed by atoms with E-state index in [2.05, 4.69) is 16.4 Å². The van der Waals surface area contributed by atoms with Gasteiger partial charge in [-0.2, -0.15) is 0 Å². The summed E-state index contributed by atoms with van der Waals surface area (Å²) in [5.74, 6) is -0.421. The Balaban J connectivity index is 1.83. The highest BCUT2D eigenvalue weighted by Gasteiger charge is 2.02. The van der Waals surface area contributed by atoms with Gasteiger partial charge in [-0.1, -0.05) is 6.07 Å². The summed E-state index contributed by atoms with van der Waals surface area (Å²) < 4.78 is 5.00. The van der Waals surface area contributed by atoms with Crippen LogP contribution in [0.25, 0.3) is 11.1 Å². The van der Waals surface area contributed by atoms with E-state index in [-0.39, 0.29) is 0 Å². The molecule has 0 radical (unpaired) electrons. The molecule has 0 aliphatic rings. The predicted octanol–water partition coefficient (Wildman–Crippen LogP) is 2.79. The number of hydrogen-bond acceptors (Lipinski definition) is 4. The van der Waals surface area contributed by atoms with Gasteiger partial charge in [0, 0.05) is 23.2 Å². The van der Waals surface area contributed by atoms with Gasteiger partial charge in [0.25, 0.3) is 0 Å². The Morgan fingerprint density at radius 2 is 2.29 bits per heavy atom. The molecular formula is C12H10N2O2S. The molecule has 0 atom stereocenters. The van der Waals surface area contributed by atoms with Crippen LogP contribution >= 0.6 is 11.3 Å². The minimum absolute atomic E-state index is 0.421. The minimum Gasteiger partial charge on any atom is -0.408 e. The van der Waals surface area contributed by atoms with Crippen LogP contribution in [0, 0.1) is 0 Å². The number of benzene rings is 1. The van der Waals surface area contributed by atoms with E-state index in [4.69, 9.17) is 4.42 Å². The third-order valence-electron chi connectivity index (χ3n) is 2.47. The van der Waals surface area contributed by atoms with Crippen LogP contribution in [0.5, 0.6) is 0 Å².